The molecule has 1 heterocycles. The summed E-state index contributed by atoms with van der Waals surface area (Å²) >= 11 is 0. The Morgan fingerprint density at radius 2 is 1.67 bits per heavy atom. The fourth-order valence-electron chi connectivity index (χ4n) is 4.87. The number of aromatic hydroxyl groups is 1. The molecule has 4 rings (SSSR count). The van der Waals surface area contributed by atoms with Gasteiger partial charge in [-0.05, 0) is 60.4 Å². The van der Waals surface area contributed by atoms with Crippen molar-refractivity contribution in [1.82, 2.24) is 4.90 Å². The van der Waals surface area contributed by atoms with Crippen LogP contribution in [0.25, 0.3) is 5.76 Å². The van der Waals surface area contributed by atoms with Crippen molar-refractivity contribution in [2.45, 2.75) is 39.3 Å². The van der Waals surface area contributed by atoms with Gasteiger partial charge >= 0.3 is 0 Å². The molecule has 0 spiro atoms. The number of rotatable bonds is 9. The molecule has 0 aliphatic carbocycles. The van der Waals surface area contributed by atoms with Crippen molar-refractivity contribution in [3.63, 3.8) is 0 Å². The number of hydrogen-bond donors (Lipinski definition) is 2. The number of benzene rings is 3. The second kappa shape index (κ2) is 11.5. The molecule has 1 amide bonds. The number of carbonyl (C=O) groups is 2. The quantitative estimate of drug-likeness (QED) is 0.212. The van der Waals surface area contributed by atoms with Crippen LogP contribution in [0, 0.1) is 0 Å². The molecule has 1 atom stereocenters. The zero-order valence-corrected chi connectivity index (χ0v) is 22.7. The van der Waals surface area contributed by atoms with Gasteiger partial charge in [-0.15, -0.1) is 0 Å². The van der Waals surface area contributed by atoms with Crippen molar-refractivity contribution in [2.24, 2.45) is 0 Å². The Morgan fingerprint density at radius 1 is 0.949 bits per heavy atom. The SMILES string of the molecule is CCOc1cc(C2/C(=C(\O)c3ccc(OC)c(C(C)C)c3)C(=O)C(=O)N2Cc2ccccc2OC)ccc1O. The maximum absolute atomic E-state index is 13.5. The van der Waals surface area contributed by atoms with Gasteiger partial charge in [0.25, 0.3) is 11.7 Å². The van der Waals surface area contributed by atoms with E-state index in [-0.39, 0.29) is 35.3 Å². The third kappa shape index (κ3) is 5.27. The van der Waals surface area contributed by atoms with Crippen LogP contribution in [0.2, 0.25) is 0 Å². The highest BCUT2D eigenvalue weighted by atomic mass is 16.5. The lowest BCUT2D eigenvalue weighted by atomic mass is 9.93. The Balaban J connectivity index is 1.92. The summed E-state index contributed by atoms with van der Waals surface area (Å²) in [6.45, 7) is 6.15. The van der Waals surface area contributed by atoms with E-state index in [4.69, 9.17) is 14.2 Å². The highest BCUT2D eigenvalue weighted by Crippen LogP contribution is 2.43. The number of phenols is 1. The fourth-order valence-corrected chi connectivity index (χ4v) is 4.87. The van der Waals surface area contributed by atoms with E-state index in [1.54, 1.807) is 50.4 Å². The van der Waals surface area contributed by atoms with Crippen LogP contribution in [0.4, 0.5) is 0 Å². The fraction of sp³-hybridized carbons (Fsp3) is 0.290. The Kier molecular flexibility index (Phi) is 8.14. The van der Waals surface area contributed by atoms with Crippen LogP contribution < -0.4 is 14.2 Å². The predicted molar refractivity (Wildman–Crippen MR) is 147 cm³/mol. The summed E-state index contributed by atoms with van der Waals surface area (Å²) < 4.78 is 16.5. The van der Waals surface area contributed by atoms with Gasteiger partial charge < -0.3 is 29.3 Å². The average molecular weight is 532 g/mol. The van der Waals surface area contributed by atoms with Gasteiger partial charge in [-0.2, -0.15) is 0 Å². The zero-order chi connectivity index (χ0) is 28.3. The zero-order valence-electron chi connectivity index (χ0n) is 22.7. The molecule has 1 aliphatic heterocycles. The number of ether oxygens (including phenoxy) is 3. The highest BCUT2D eigenvalue weighted by Gasteiger charge is 2.46. The summed E-state index contributed by atoms with van der Waals surface area (Å²) in [5, 5.41) is 21.9. The maximum atomic E-state index is 13.5. The third-order valence-electron chi connectivity index (χ3n) is 6.80. The molecular formula is C31H33NO7. The van der Waals surface area contributed by atoms with E-state index >= 15 is 0 Å². The number of nitrogens with zero attached hydrogens (tertiary/aromatic N) is 1. The number of methoxy groups -OCH3 is 2. The average Bonchev–Trinajstić information content (AvgIpc) is 3.18. The first-order valence-electron chi connectivity index (χ1n) is 12.8. The largest absolute Gasteiger partial charge is 0.507 e. The summed E-state index contributed by atoms with van der Waals surface area (Å²) in [7, 11) is 3.11. The van der Waals surface area contributed by atoms with E-state index in [2.05, 4.69) is 0 Å². The molecule has 0 saturated carbocycles. The van der Waals surface area contributed by atoms with Crippen LogP contribution >= 0.6 is 0 Å². The highest BCUT2D eigenvalue weighted by molar-refractivity contribution is 6.46. The van der Waals surface area contributed by atoms with E-state index in [0.717, 1.165) is 5.56 Å². The number of aliphatic hydroxyl groups excluding tert-OH is 1. The van der Waals surface area contributed by atoms with Gasteiger partial charge in [-0.1, -0.05) is 38.1 Å². The molecular weight excluding hydrogens is 498 g/mol. The Bertz CT molecular complexity index is 1430. The van der Waals surface area contributed by atoms with Crippen LogP contribution in [0.15, 0.2) is 66.2 Å². The number of carbonyl (C=O) groups excluding carboxylic acids is 2. The number of likely N-dealkylation sites (tertiary alicyclic amines) is 1. The van der Waals surface area contributed by atoms with Crippen molar-refractivity contribution in [2.75, 3.05) is 20.8 Å². The molecule has 1 aliphatic rings. The van der Waals surface area contributed by atoms with Crippen LogP contribution in [0.5, 0.6) is 23.0 Å². The molecule has 0 aromatic heterocycles. The molecule has 1 unspecified atom stereocenters. The molecule has 3 aromatic carbocycles. The second-order valence-corrected chi connectivity index (χ2v) is 9.51. The lowest BCUT2D eigenvalue weighted by molar-refractivity contribution is -0.140. The van der Waals surface area contributed by atoms with Crippen LogP contribution in [-0.4, -0.2) is 47.6 Å². The molecule has 0 radical (unpaired) electrons. The minimum absolute atomic E-state index is 0.0529. The van der Waals surface area contributed by atoms with Crippen molar-refractivity contribution in [3.8, 4) is 23.0 Å². The number of aliphatic hydroxyl groups is 1. The molecule has 1 saturated heterocycles. The topological polar surface area (TPSA) is 106 Å². The Labute approximate surface area is 228 Å². The molecule has 0 bridgehead atoms. The van der Waals surface area contributed by atoms with Crippen molar-refractivity contribution in [1.29, 1.82) is 0 Å². The summed E-state index contributed by atoms with van der Waals surface area (Å²) in [5.41, 5.74) is 2.39. The first-order chi connectivity index (χ1) is 18.7. The lowest BCUT2D eigenvalue weighted by Crippen LogP contribution is -2.29. The van der Waals surface area contributed by atoms with Crippen molar-refractivity contribution < 1.29 is 34.0 Å². The first kappa shape index (κ1) is 27.6. The van der Waals surface area contributed by atoms with Crippen molar-refractivity contribution >= 4 is 17.4 Å². The molecule has 3 aromatic rings. The summed E-state index contributed by atoms with van der Waals surface area (Å²) in [6.07, 6.45) is 0. The number of ketones is 1. The Hall–Kier alpha value is -4.46. The van der Waals surface area contributed by atoms with Crippen molar-refractivity contribution in [3.05, 3.63) is 88.5 Å². The molecule has 8 nitrogen and oxygen atoms in total. The Morgan fingerprint density at radius 3 is 2.33 bits per heavy atom. The van der Waals surface area contributed by atoms with Gasteiger partial charge in [-0.3, -0.25) is 9.59 Å². The summed E-state index contributed by atoms with van der Waals surface area (Å²) in [6, 6.07) is 16.1. The van der Waals surface area contributed by atoms with E-state index < -0.39 is 17.7 Å². The number of amides is 1. The normalized spacial score (nSPS) is 16.6. The standard InChI is InChI=1S/C31H33NO7/c1-6-39-26-16-19(11-13-23(26)33)28-27(29(34)20-12-14-25(38-5)22(15-20)18(2)3)30(35)31(36)32(28)17-21-9-7-8-10-24(21)37-4/h7-16,18,28,33-34H,6,17H2,1-5H3/b29-27+. The smallest absolute Gasteiger partial charge is 0.295 e. The molecule has 39 heavy (non-hydrogen) atoms. The van der Waals surface area contributed by atoms with Gasteiger partial charge in [0.05, 0.1) is 39.0 Å². The minimum Gasteiger partial charge on any atom is -0.507 e. The number of phenolic OH excluding ortho intramolecular Hbond substituents is 1. The van der Waals surface area contributed by atoms with Crippen LogP contribution in [0.3, 0.4) is 0 Å². The molecule has 2 N–H and O–H groups in total. The molecule has 1 fully saturated rings. The van der Waals surface area contributed by atoms with E-state index in [1.165, 1.54) is 18.1 Å². The van der Waals surface area contributed by atoms with Gasteiger partial charge in [0, 0.05) is 11.1 Å². The van der Waals surface area contributed by atoms with E-state index in [1.807, 2.05) is 32.0 Å². The van der Waals surface area contributed by atoms with E-state index in [9.17, 15) is 19.8 Å². The van der Waals surface area contributed by atoms with Gasteiger partial charge in [0.15, 0.2) is 11.5 Å². The number of Topliss-reactive ketones (excluding diaryl/α,β-unsaturated/α-hetero) is 1. The third-order valence-corrected chi connectivity index (χ3v) is 6.80. The van der Waals surface area contributed by atoms with E-state index in [0.29, 0.717) is 34.8 Å². The molecule has 8 heteroatoms. The summed E-state index contributed by atoms with van der Waals surface area (Å²) in [4.78, 5) is 28.4. The van der Waals surface area contributed by atoms with Crippen LogP contribution in [-0.2, 0) is 16.1 Å². The lowest BCUT2D eigenvalue weighted by Gasteiger charge is -2.26. The predicted octanol–water partition coefficient (Wildman–Crippen LogP) is 5.55. The van der Waals surface area contributed by atoms with Gasteiger partial charge in [0.1, 0.15) is 17.3 Å². The molecule has 204 valence electrons. The van der Waals surface area contributed by atoms with Gasteiger partial charge in [-0.25, -0.2) is 0 Å². The van der Waals surface area contributed by atoms with Gasteiger partial charge in [0.2, 0.25) is 0 Å². The summed E-state index contributed by atoms with van der Waals surface area (Å²) in [5.74, 6) is -0.399. The number of para-hydroxylation sites is 1. The monoisotopic (exact) mass is 531 g/mol. The number of hydrogen-bond acceptors (Lipinski definition) is 7. The second-order valence-electron chi connectivity index (χ2n) is 9.51. The van der Waals surface area contributed by atoms with Crippen LogP contribution in [0.1, 0.15) is 55.0 Å². The minimum atomic E-state index is -0.945. The maximum Gasteiger partial charge on any atom is 0.295 e. The first-order valence-corrected chi connectivity index (χ1v) is 12.8.